The molecule has 3 N–H and O–H groups in total. The van der Waals surface area contributed by atoms with E-state index < -0.39 is 0 Å². The van der Waals surface area contributed by atoms with Crippen LogP contribution >= 0.6 is 16.1 Å². The second-order valence-electron chi connectivity index (χ2n) is 8.14. The smallest absolute Gasteiger partial charge is 0.232 e. The Balaban J connectivity index is 2.25. The van der Waals surface area contributed by atoms with Crippen LogP contribution in [0.15, 0.2) is 0 Å². The first kappa shape index (κ1) is 21.6. The Labute approximate surface area is 161 Å². The Morgan fingerprint density at radius 1 is 0.654 bits per heavy atom. The molecule has 6 nitrogen and oxygen atoms in total. The molecule has 148 valence electrons. The Morgan fingerprint density at radius 2 is 1.00 bits per heavy atom. The summed E-state index contributed by atoms with van der Waals surface area (Å²) in [6.45, 7) is 18.1. The van der Waals surface area contributed by atoms with Crippen LogP contribution in [0.1, 0.15) is 68.2 Å². The van der Waals surface area contributed by atoms with Gasteiger partial charge in [0.2, 0.25) is 17.8 Å². The monoisotopic (exact) mass is 398 g/mol. The fourth-order valence-corrected chi connectivity index (χ4v) is 6.97. The summed E-state index contributed by atoms with van der Waals surface area (Å²) < 4.78 is 0. The number of anilines is 3. The fourth-order valence-electron chi connectivity index (χ4n) is 2.89. The lowest BCUT2D eigenvalue weighted by Gasteiger charge is -2.28. The molecule has 0 atom stereocenters. The quantitative estimate of drug-likeness (QED) is 0.439. The van der Waals surface area contributed by atoms with E-state index in [1.165, 1.54) is 12.8 Å². The Bertz CT molecular complexity index is 519. The van der Waals surface area contributed by atoms with Crippen LogP contribution in [-0.2, 0) is 0 Å². The molecule has 2 rings (SSSR count). The summed E-state index contributed by atoms with van der Waals surface area (Å²) in [5, 5.41) is 10.7. The third-order valence-corrected chi connectivity index (χ3v) is 9.60. The number of rotatable bonds is 10. The molecule has 1 aliphatic carbocycles. The number of hydrogen-bond donors (Lipinski definition) is 3. The third-order valence-electron chi connectivity index (χ3n) is 4.23. The minimum absolute atomic E-state index is 0.383. The van der Waals surface area contributed by atoms with E-state index in [0.717, 1.165) is 0 Å². The molecule has 1 fully saturated rings. The predicted octanol–water partition coefficient (Wildman–Crippen LogP) is 5.70. The Kier molecular flexibility index (Phi) is 7.85. The molecule has 0 spiro atoms. The molecule has 8 heteroatoms. The maximum Gasteiger partial charge on any atom is 0.232 e. The van der Waals surface area contributed by atoms with Crippen molar-refractivity contribution in [2.24, 2.45) is 0 Å². The van der Waals surface area contributed by atoms with Crippen molar-refractivity contribution in [3.63, 3.8) is 0 Å². The van der Waals surface area contributed by atoms with Gasteiger partial charge in [0.05, 0.1) is 0 Å². The summed E-state index contributed by atoms with van der Waals surface area (Å²) >= 11 is 0. The maximum atomic E-state index is 4.72. The highest BCUT2D eigenvalue weighted by Gasteiger charge is 2.25. The highest BCUT2D eigenvalue weighted by atomic mass is 31.1. The molecule has 0 aliphatic heterocycles. The van der Waals surface area contributed by atoms with Crippen molar-refractivity contribution in [3.8, 4) is 0 Å². The van der Waals surface area contributed by atoms with E-state index in [9.17, 15) is 0 Å². The van der Waals surface area contributed by atoms with Gasteiger partial charge in [-0.15, -0.1) is 0 Å². The molecule has 1 saturated carbocycles. The Morgan fingerprint density at radius 3 is 1.31 bits per heavy atom. The number of nitrogens with zero attached hydrogens (tertiary/aromatic N) is 3. The largest absolute Gasteiger partial charge is 0.351 e. The van der Waals surface area contributed by atoms with Crippen molar-refractivity contribution in [2.75, 3.05) is 15.5 Å². The lowest BCUT2D eigenvalue weighted by atomic mass is 10.5. The summed E-state index contributed by atoms with van der Waals surface area (Å²) in [6, 6.07) is 0.520. The van der Waals surface area contributed by atoms with Gasteiger partial charge < -0.3 is 15.5 Å². The summed E-state index contributed by atoms with van der Waals surface area (Å²) in [6.07, 6.45) is 2.40. The predicted molar refractivity (Wildman–Crippen MR) is 118 cm³/mol. The van der Waals surface area contributed by atoms with E-state index >= 15 is 0 Å². The molecule has 1 aromatic rings. The van der Waals surface area contributed by atoms with Gasteiger partial charge in [-0.05, 0) is 51.6 Å². The molecule has 0 radical (unpaired) electrons. The van der Waals surface area contributed by atoms with E-state index in [4.69, 9.17) is 4.98 Å². The van der Waals surface area contributed by atoms with Crippen LogP contribution in [0.5, 0.6) is 0 Å². The van der Waals surface area contributed by atoms with Gasteiger partial charge in [-0.1, -0.05) is 55.4 Å². The van der Waals surface area contributed by atoms with Crippen molar-refractivity contribution >= 4 is 34.0 Å². The number of aromatic nitrogens is 3. The van der Waals surface area contributed by atoms with Crippen LogP contribution in [0.25, 0.3) is 0 Å². The van der Waals surface area contributed by atoms with Gasteiger partial charge in [0.25, 0.3) is 0 Å². The highest BCUT2D eigenvalue weighted by molar-refractivity contribution is 7.60. The molecule has 0 bridgehead atoms. The highest BCUT2D eigenvalue weighted by Crippen LogP contribution is 2.47. The van der Waals surface area contributed by atoms with Crippen LogP contribution < -0.4 is 15.5 Å². The molecular weight excluding hydrogens is 362 g/mol. The van der Waals surface area contributed by atoms with E-state index in [-0.39, 0.29) is 16.1 Å². The van der Waals surface area contributed by atoms with Crippen molar-refractivity contribution in [1.29, 1.82) is 0 Å². The van der Waals surface area contributed by atoms with Gasteiger partial charge in [-0.25, -0.2) is 0 Å². The number of hydrogen-bond acceptors (Lipinski definition) is 6. The topological polar surface area (TPSA) is 74.8 Å². The van der Waals surface area contributed by atoms with Gasteiger partial charge in [-0.2, -0.15) is 15.0 Å². The van der Waals surface area contributed by atoms with Gasteiger partial charge in [0, 0.05) is 6.04 Å². The summed E-state index contributed by atoms with van der Waals surface area (Å²) in [5.41, 5.74) is 2.28. The van der Waals surface area contributed by atoms with Crippen molar-refractivity contribution < 1.29 is 0 Å². The fraction of sp³-hybridized carbons (Fsp3) is 0.833. The first-order valence-corrected chi connectivity index (χ1v) is 12.8. The normalized spacial score (nSPS) is 15.0. The standard InChI is InChI=1S/C18H36N6P2/c1-11(2)25(12(3)4)23-17-20-16(19-15-9-10-15)21-18(22-17)24-26(13(5)6)14(7)8/h11-15H,9-10H2,1-8H3,(H3,19,20,21,22,23,24). The average Bonchev–Trinajstić information content (AvgIpc) is 3.32. The molecule has 0 aromatic carbocycles. The summed E-state index contributed by atoms with van der Waals surface area (Å²) in [7, 11) is -0.765. The summed E-state index contributed by atoms with van der Waals surface area (Å²) in [4.78, 5) is 14.0. The van der Waals surface area contributed by atoms with Crippen molar-refractivity contribution in [1.82, 2.24) is 15.0 Å². The molecule has 1 aliphatic rings. The zero-order valence-corrected chi connectivity index (χ0v) is 19.3. The van der Waals surface area contributed by atoms with Gasteiger partial charge >= 0.3 is 0 Å². The molecule has 1 heterocycles. The van der Waals surface area contributed by atoms with Crippen LogP contribution in [0.3, 0.4) is 0 Å². The molecule has 0 amide bonds. The lowest BCUT2D eigenvalue weighted by molar-refractivity contribution is 0.985. The van der Waals surface area contributed by atoms with E-state index in [1.54, 1.807) is 0 Å². The van der Waals surface area contributed by atoms with Crippen LogP contribution in [-0.4, -0.2) is 43.6 Å². The lowest BCUT2D eigenvalue weighted by Crippen LogP contribution is -2.17. The Hall–Kier alpha value is -0.730. The van der Waals surface area contributed by atoms with Crippen LogP contribution in [0.4, 0.5) is 17.8 Å². The molecule has 0 unspecified atom stereocenters. The molecule has 26 heavy (non-hydrogen) atoms. The van der Waals surface area contributed by atoms with E-state index in [0.29, 0.717) is 46.5 Å². The van der Waals surface area contributed by atoms with Crippen molar-refractivity contribution in [2.45, 2.75) is 96.9 Å². The SMILES string of the molecule is CC(C)P(Nc1nc(NC2CC2)nc(NP(C(C)C)C(C)C)n1)C(C)C. The summed E-state index contributed by atoms with van der Waals surface area (Å²) in [5.74, 6) is 2.08. The second kappa shape index (κ2) is 9.46. The second-order valence-corrected chi connectivity index (χ2v) is 14.3. The van der Waals surface area contributed by atoms with Crippen molar-refractivity contribution in [3.05, 3.63) is 0 Å². The van der Waals surface area contributed by atoms with Gasteiger partial charge in [-0.3, -0.25) is 0 Å². The van der Waals surface area contributed by atoms with E-state index in [1.807, 2.05) is 0 Å². The van der Waals surface area contributed by atoms with Gasteiger partial charge in [0.1, 0.15) is 0 Å². The minimum Gasteiger partial charge on any atom is -0.351 e. The average molecular weight is 398 g/mol. The molecule has 0 saturated heterocycles. The maximum absolute atomic E-state index is 4.72. The zero-order chi connectivity index (χ0) is 19.4. The number of nitrogens with one attached hydrogen (secondary N) is 3. The van der Waals surface area contributed by atoms with E-state index in [2.05, 4.69) is 80.8 Å². The molecule has 1 aromatic heterocycles. The zero-order valence-electron chi connectivity index (χ0n) is 17.5. The van der Waals surface area contributed by atoms with Gasteiger partial charge in [0.15, 0.2) is 0 Å². The minimum atomic E-state index is -0.383. The first-order chi connectivity index (χ1) is 12.2. The molecular formula is C18H36N6P2. The first-order valence-electron chi connectivity index (χ1n) is 9.80. The van der Waals surface area contributed by atoms with Crippen LogP contribution in [0.2, 0.25) is 0 Å². The van der Waals surface area contributed by atoms with Crippen LogP contribution in [0, 0.1) is 0 Å². The third kappa shape index (κ3) is 6.46.